The Bertz CT molecular complexity index is 566. The van der Waals surface area contributed by atoms with Crippen molar-refractivity contribution in [2.75, 3.05) is 0 Å². The number of aliphatic hydroxyl groups excluding tert-OH is 1. The zero-order chi connectivity index (χ0) is 12.7. The zero-order valence-corrected chi connectivity index (χ0v) is 10.9. The molecule has 0 aromatic carbocycles. The van der Waals surface area contributed by atoms with Gasteiger partial charge in [-0.25, -0.2) is 4.68 Å². The average molecular weight is 234 g/mol. The van der Waals surface area contributed by atoms with Gasteiger partial charge >= 0.3 is 0 Å². The molecule has 2 rings (SSSR count). The minimum atomic E-state index is -0.0214. The van der Waals surface area contributed by atoms with Crippen LogP contribution in [0.3, 0.4) is 0 Å². The molecule has 0 atom stereocenters. The first-order chi connectivity index (χ1) is 7.97. The molecule has 0 amide bonds. The van der Waals surface area contributed by atoms with E-state index in [1.807, 2.05) is 32.5 Å². The van der Waals surface area contributed by atoms with E-state index in [9.17, 15) is 5.11 Å². The highest BCUT2D eigenvalue weighted by atomic mass is 16.3. The van der Waals surface area contributed by atoms with E-state index in [0.29, 0.717) is 0 Å². The summed E-state index contributed by atoms with van der Waals surface area (Å²) in [7, 11) is 1.87. The predicted octanol–water partition coefficient (Wildman–Crippen LogP) is 1.33. The minimum Gasteiger partial charge on any atom is -0.391 e. The maximum Gasteiger partial charge on any atom is 0.157 e. The lowest BCUT2D eigenvalue weighted by Gasteiger charge is -2.07. The molecule has 0 unspecified atom stereocenters. The molecule has 0 aliphatic rings. The summed E-state index contributed by atoms with van der Waals surface area (Å²) in [5.41, 5.74) is 4.94. The standard InChI is InChI=1S/C12H18N4O/c1-7-8(2)14-16(10(7)4)12-11(6-17)9(3)13-15(12)5/h17H,6H2,1-5H3. The maximum absolute atomic E-state index is 9.45. The van der Waals surface area contributed by atoms with Crippen LogP contribution in [0.1, 0.15) is 28.2 Å². The van der Waals surface area contributed by atoms with E-state index in [-0.39, 0.29) is 6.61 Å². The van der Waals surface area contributed by atoms with Gasteiger partial charge < -0.3 is 5.11 Å². The first-order valence-electron chi connectivity index (χ1n) is 5.64. The first-order valence-corrected chi connectivity index (χ1v) is 5.64. The van der Waals surface area contributed by atoms with Gasteiger partial charge in [0.2, 0.25) is 0 Å². The molecule has 0 saturated carbocycles. The number of aromatic nitrogens is 4. The van der Waals surface area contributed by atoms with Crippen molar-refractivity contribution in [3.8, 4) is 5.82 Å². The summed E-state index contributed by atoms with van der Waals surface area (Å²) in [4.78, 5) is 0. The van der Waals surface area contributed by atoms with Gasteiger partial charge in [-0.1, -0.05) is 0 Å². The van der Waals surface area contributed by atoms with E-state index in [2.05, 4.69) is 17.1 Å². The van der Waals surface area contributed by atoms with Crippen LogP contribution in [-0.4, -0.2) is 24.7 Å². The SMILES string of the molecule is Cc1nn(-c2c(CO)c(C)nn2C)c(C)c1C. The van der Waals surface area contributed by atoms with E-state index < -0.39 is 0 Å². The summed E-state index contributed by atoms with van der Waals surface area (Å²) in [6.07, 6.45) is 0. The normalized spacial score (nSPS) is 11.2. The van der Waals surface area contributed by atoms with Crippen molar-refractivity contribution < 1.29 is 5.11 Å². The molecular formula is C12H18N4O. The van der Waals surface area contributed by atoms with Crippen molar-refractivity contribution in [1.82, 2.24) is 19.6 Å². The third kappa shape index (κ3) is 1.67. The number of nitrogens with zero attached hydrogens (tertiary/aromatic N) is 4. The second kappa shape index (κ2) is 4.00. The molecule has 0 radical (unpaired) electrons. The van der Waals surface area contributed by atoms with Crippen molar-refractivity contribution in [3.63, 3.8) is 0 Å². The van der Waals surface area contributed by atoms with Crippen molar-refractivity contribution in [2.45, 2.75) is 34.3 Å². The molecule has 92 valence electrons. The lowest BCUT2D eigenvalue weighted by atomic mass is 10.2. The van der Waals surface area contributed by atoms with Crippen molar-refractivity contribution >= 4 is 0 Å². The second-order valence-electron chi connectivity index (χ2n) is 4.38. The third-order valence-corrected chi connectivity index (χ3v) is 3.33. The molecule has 0 fully saturated rings. The summed E-state index contributed by atoms with van der Waals surface area (Å²) in [5, 5.41) is 18.3. The van der Waals surface area contributed by atoms with Crippen LogP contribution in [0.5, 0.6) is 0 Å². The molecule has 2 aromatic rings. The van der Waals surface area contributed by atoms with Gasteiger partial charge in [0, 0.05) is 18.3 Å². The highest BCUT2D eigenvalue weighted by Gasteiger charge is 2.18. The third-order valence-electron chi connectivity index (χ3n) is 3.33. The van der Waals surface area contributed by atoms with Crippen molar-refractivity contribution in [1.29, 1.82) is 0 Å². The molecule has 2 aromatic heterocycles. The van der Waals surface area contributed by atoms with E-state index in [1.54, 1.807) is 4.68 Å². The Labute approximate surface area is 101 Å². The summed E-state index contributed by atoms with van der Waals surface area (Å²) < 4.78 is 3.62. The highest BCUT2D eigenvalue weighted by molar-refractivity contribution is 5.40. The van der Waals surface area contributed by atoms with E-state index in [0.717, 1.165) is 28.5 Å². The number of aliphatic hydroxyl groups is 1. The Morgan fingerprint density at radius 1 is 1.06 bits per heavy atom. The summed E-state index contributed by atoms with van der Waals surface area (Å²) >= 11 is 0. The maximum atomic E-state index is 9.45. The molecule has 1 N–H and O–H groups in total. The number of aryl methyl sites for hydroxylation is 3. The lowest BCUT2D eigenvalue weighted by Crippen LogP contribution is -2.08. The van der Waals surface area contributed by atoms with Gasteiger partial charge in [0.25, 0.3) is 0 Å². The molecule has 2 heterocycles. The molecule has 0 saturated heterocycles. The van der Waals surface area contributed by atoms with E-state index >= 15 is 0 Å². The van der Waals surface area contributed by atoms with Gasteiger partial charge in [-0.05, 0) is 33.3 Å². The smallest absolute Gasteiger partial charge is 0.157 e. The number of hydrogen-bond donors (Lipinski definition) is 1. The van der Waals surface area contributed by atoms with Crippen LogP contribution in [0, 0.1) is 27.7 Å². The minimum absolute atomic E-state index is 0.0214. The predicted molar refractivity (Wildman–Crippen MR) is 65.2 cm³/mol. The van der Waals surface area contributed by atoms with Crippen LogP contribution in [0.4, 0.5) is 0 Å². The van der Waals surface area contributed by atoms with Crippen molar-refractivity contribution in [2.24, 2.45) is 7.05 Å². The number of rotatable bonds is 2. The summed E-state index contributed by atoms with van der Waals surface area (Å²) in [6, 6.07) is 0. The fraction of sp³-hybridized carbons (Fsp3) is 0.500. The number of hydrogen-bond acceptors (Lipinski definition) is 3. The zero-order valence-electron chi connectivity index (χ0n) is 10.9. The van der Waals surface area contributed by atoms with Crippen molar-refractivity contribution in [3.05, 3.63) is 28.2 Å². The summed E-state index contributed by atoms with van der Waals surface area (Å²) in [6.45, 7) is 7.94. The van der Waals surface area contributed by atoms with E-state index in [4.69, 9.17) is 0 Å². The van der Waals surface area contributed by atoms with Crippen LogP contribution in [0.25, 0.3) is 5.82 Å². The van der Waals surface area contributed by atoms with Gasteiger partial charge in [-0.2, -0.15) is 10.2 Å². The topological polar surface area (TPSA) is 55.9 Å². The molecule has 0 aliphatic heterocycles. The van der Waals surface area contributed by atoms with E-state index in [1.165, 1.54) is 5.56 Å². The fourth-order valence-electron chi connectivity index (χ4n) is 2.07. The Hall–Kier alpha value is -1.62. The quantitative estimate of drug-likeness (QED) is 0.853. The Morgan fingerprint density at radius 3 is 2.18 bits per heavy atom. The van der Waals surface area contributed by atoms with Crippen LogP contribution >= 0.6 is 0 Å². The van der Waals surface area contributed by atoms with Crippen LogP contribution in [-0.2, 0) is 13.7 Å². The van der Waals surface area contributed by atoms with Gasteiger partial charge in [-0.3, -0.25) is 4.68 Å². The van der Waals surface area contributed by atoms with Gasteiger partial charge in [0.15, 0.2) is 5.82 Å². The lowest BCUT2D eigenvalue weighted by molar-refractivity contribution is 0.280. The molecule has 17 heavy (non-hydrogen) atoms. The van der Waals surface area contributed by atoms with Gasteiger partial charge in [0.1, 0.15) is 0 Å². The van der Waals surface area contributed by atoms with Crippen LogP contribution in [0.15, 0.2) is 0 Å². The largest absolute Gasteiger partial charge is 0.391 e. The molecule has 0 aliphatic carbocycles. The molecule has 5 heteroatoms. The van der Waals surface area contributed by atoms with Crippen LogP contribution in [0.2, 0.25) is 0 Å². The Kier molecular flexibility index (Phi) is 2.79. The highest BCUT2D eigenvalue weighted by Crippen LogP contribution is 2.21. The second-order valence-corrected chi connectivity index (χ2v) is 4.38. The Morgan fingerprint density at radius 2 is 1.71 bits per heavy atom. The molecule has 0 spiro atoms. The monoisotopic (exact) mass is 234 g/mol. The Balaban J connectivity index is 2.72. The molecule has 0 bridgehead atoms. The van der Waals surface area contributed by atoms with Gasteiger partial charge in [0.05, 0.1) is 18.0 Å². The first kappa shape index (κ1) is 11.9. The molecule has 5 nitrogen and oxygen atoms in total. The van der Waals surface area contributed by atoms with Crippen LogP contribution < -0.4 is 0 Å². The summed E-state index contributed by atoms with van der Waals surface area (Å²) in [5.74, 6) is 0.846. The molecular weight excluding hydrogens is 216 g/mol. The average Bonchev–Trinajstić information content (AvgIpc) is 2.69. The fourth-order valence-corrected chi connectivity index (χ4v) is 2.07. The van der Waals surface area contributed by atoms with Gasteiger partial charge in [-0.15, -0.1) is 0 Å².